The molecule has 5 nitrogen and oxygen atoms in total. The van der Waals surface area contributed by atoms with Gasteiger partial charge in [0.1, 0.15) is 11.5 Å². The molecule has 0 bridgehead atoms. The lowest BCUT2D eigenvalue weighted by Crippen LogP contribution is -2.34. The monoisotopic (exact) mass is 222 g/mol. The Hall–Kier alpha value is -1.62. The van der Waals surface area contributed by atoms with Gasteiger partial charge < -0.3 is 16.8 Å². The molecule has 0 fully saturated rings. The molecule has 0 saturated heterocycles. The summed E-state index contributed by atoms with van der Waals surface area (Å²) in [5.74, 6) is 0.482. The van der Waals surface area contributed by atoms with Gasteiger partial charge in [-0.15, -0.1) is 0 Å². The lowest BCUT2D eigenvalue weighted by atomic mass is 10.1. The number of hydrogen-bond acceptors (Lipinski definition) is 4. The Morgan fingerprint density at radius 2 is 2.19 bits per heavy atom. The normalized spacial score (nSPS) is 12.5. The van der Waals surface area contributed by atoms with E-state index < -0.39 is 5.91 Å². The third-order valence-corrected chi connectivity index (χ3v) is 2.38. The second-order valence-corrected chi connectivity index (χ2v) is 4.06. The molecule has 0 saturated carbocycles. The first kappa shape index (κ1) is 12.4. The molecule has 5 N–H and O–H groups in total. The number of carbonyl (C=O) groups excluding carboxylic acids is 1. The van der Waals surface area contributed by atoms with Gasteiger partial charge in [0, 0.05) is 12.6 Å². The maximum atomic E-state index is 10.9. The number of anilines is 1. The van der Waals surface area contributed by atoms with Crippen molar-refractivity contribution in [3.63, 3.8) is 0 Å². The van der Waals surface area contributed by atoms with Crippen LogP contribution in [0.15, 0.2) is 18.2 Å². The summed E-state index contributed by atoms with van der Waals surface area (Å²) in [6.07, 6.45) is 0. The average Bonchev–Trinajstić information content (AvgIpc) is 2.26. The summed E-state index contributed by atoms with van der Waals surface area (Å²) in [4.78, 5) is 15.0. The maximum Gasteiger partial charge on any atom is 0.267 e. The SMILES string of the molecule is CC(C)C(N)CNc1cccc(C(N)=O)n1. The molecule has 1 aromatic heterocycles. The van der Waals surface area contributed by atoms with Crippen molar-refractivity contribution in [2.75, 3.05) is 11.9 Å². The molecule has 16 heavy (non-hydrogen) atoms. The fourth-order valence-corrected chi connectivity index (χ4v) is 1.13. The lowest BCUT2D eigenvalue weighted by Gasteiger charge is -2.16. The number of rotatable bonds is 5. The van der Waals surface area contributed by atoms with Crippen LogP contribution in [0.25, 0.3) is 0 Å². The number of nitrogens with one attached hydrogen (secondary N) is 1. The molecule has 0 aliphatic heterocycles. The maximum absolute atomic E-state index is 10.9. The van der Waals surface area contributed by atoms with Gasteiger partial charge in [0.2, 0.25) is 0 Å². The predicted octanol–water partition coefficient (Wildman–Crippen LogP) is 0.576. The van der Waals surface area contributed by atoms with Crippen LogP contribution in [0.4, 0.5) is 5.82 Å². The zero-order valence-corrected chi connectivity index (χ0v) is 9.60. The number of amides is 1. The number of pyridine rings is 1. The number of nitrogens with two attached hydrogens (primary N) is 2. The quantitative estimate of drug-likeness (QED) is 0.679. The standard InChI is InChI=1S/C11H18N4O/c1-7(2)8(12)6-14-10-5-3-4-9(15-10)11(13)16/h3-5,7-8H,6,12H2,1-2H3,(H2,13,16)(H,14,15). The van der Waals surface area contributed by atoms with Crippen molar-refractivity contribution in [2.45, 2.75) is 19.9 Å². The van der Waals surface area contributed by atoms with Crippen LogP contribution in [-0.2, 0) is 0 Å². The first-order valence-electron chi connectivity index (χ1n) is 5.27. The van der Waals surface area contributed by atoms with E-state index in [1.807, 2.05) is 0 Å². The molecule has 88 valence electrons. The third kappa shape index (κ3) is 3.51. The Morgan fingerprint density at radius 1 is 1.50 bits per heavy atom. The molecule has 5 heteroatoms. The number of aromatic nitrogens is 1. The Kier molecular flexibility index (Phi) is 4.25. The Labute approximate surface area is 95.2 Å². The predicted molar refractivity (Wildman–Crippen MR) is 64.1 cm³/mol. The molecule has 1 unspecified atom stereocenters. The minimum absolute atomic E-state index is 0.0547. The molecular formula is C11H18N4O. The molecule has 1 amide bonds. The van der Waals surface area contributed by atoms with Crippen LogP contribution in [0.3, 0.4) is 0 Å². The lowest BCUT2D eigenvalue weighted by molar-refractivity contribution is 0.0995. The largest absolute Gasteiger partial charge is 0.368 e. The van der Waals surface area contributed by atoms with Crippen molar-refractivity contribution in [1.82, 2.24) is 4.98 Å². The summed E-state index contributed by atoms with van der Waals surface area (Å²) >= 11 is 0. The number of carbonyl (C=O) groups is 1. The second kappa shape index (κ2) is 5.46. The van der Waals surface area contributed by atoms with E-state index in [-0.39, 0.29) is 11.7 Å². The van der Waals surface area contributed by atoms with Crippen molar-refractivity contribution < 1.29 is 4.79 Å². The summed E-state index contributed by atoms with van der Waals surface area (Å²) in [5.41, 5.74) is 11.3. The van der Waals surface area contributed by atoms with E-state index in [1.54, 1.807) is 18.2 Å². The zero-order chi connectivity index (χ0) is 12.1. The smallest absolute Gasteiger partial charge is 0.267 e. The summed E-state index contributed by atoms with van der Waals surface area (Å²) in [5, 5.41) is 3.08. The number of primary amides is 1. The van der Waals surface area contributed by atoms with Crippen molar-refractivity contribution in [3.8, 4) is 0 Å². The molecule has 1 rings (SSSR count). The van der Waals surface area contributed by atoms with Crippen LogP contribution in [0, 0.1) is 5.92 Å². The fourth-order valence-electron chi connectivity index (χ4n) is 1.13. The Balaban J connectivity index is 2.61. The number of hydrogen-bond donors (Lipinski definition) is 3. The van der Waals surface area contributed by atoms with E-state index in [9.17, 15) is 4.79 Å². The zero-order valence-electron chi connectivity index (χ0n) is 9.60. The first-order chi connectivity index (χ1) is 7.50. The summed E-state index contributed by atoms with van der Waals surface area (Å²) in [6.45, 7) is 4.73. The minimum Gasteiger partial charge on any atom is -0.368 e. The first-order valence-corrected chi connectivity index (χ1v) is 5.27. The van der Waals surface area contributed by atoms with E-state index in [1.165, 1.54) is 0 Å². The highest BCUT2D eigenvalue weighted by atomic mass is 16.1. The van der Waals surface area contributed by atoms with Gasteiger partial charge in [-0.3, -0.25) is 4.79 Å². The van der Waals surface area contributed by atoms with E-state index in [2.05, 4.69) is 24.1 Å². The summed E-state index contributed by atoms with van der Waals surface area (Å²) in [7, 11) is 0. The van der Waals surface area contributed by atoms with Gasteiger partial charge in [0.05, 0.1) is 0 Å². The molecule has 0 radical (unpaired) electrons. The fraction of sp³-hybridized carbons (Fsp3) is 0.455. The Morgan fingerprint density at radius 3 is 2.75 bits per heavy atom. The topological polar surface area (TPSA) is 94.0 Å². The highest BCUT2D eigenvalue weighted by Gasteiger charge is 2.08. The van der Waals surface area contributed by atoms with Gasteiger partial charge in [-0.1, -0.05) is 19.9 Å². The van der Waals surface area contributed by atoms with E-state index >= 15 is 0 Å². The third-order valence-electron chi connectivity index (χ3n) is 2.38. The highest BCUT2D eigenvalue weighted by molar-refractivity contribution is 5.91. The van der Waals surface area contributed by atoms with Crippen molar-refractivity contribution >= 4 is 11.7 Å². The van der Waals surface area contributed by atoms with Gasteiger partial charge in [-0.25, -0.2) is 4.98 Å². The van der Waals surface area contributed by atoms with E-state index in [0.717, 1.165) is 0 Å². The summed E-state index contributed by atoms with van der Waals surface area (Å²) in [6, 6.07) is 5.14. The minimum atomic E-state index is -0.531. The van der Waals surface area contributed by atoms with Gasteiger partial charge in [-0.2, -0.15) is 0 Å². The molecular weight excluding hydrogens is 204 g/mol. The molecule has 0 spiro atoms. The van der Waals surface area contributed by atoms with Crippen LogP contribution in [-0.4, -0.2) is 23.5 Å². The van der Waals surface area contributed by atoms with Crippen LogP contribution in [0.1, 0.15) is 24.3 Å². The molecule has 1 aromatic rings. The van der Waals surface area contributed by atoms with Crippen LogP contribution in [0.2, 0.25) is 0 Å². The molecule has 0 aliphatic rings. The average molecular weight is 222 g/mol. The van der Waals surface area contributed by atoms with Crippen LogP contribution >= 0.6 is 0 Å². The van der Waals surface area contributed by atoms with Crippen molar-refractivity contribution in [2.24, 2.45) is 17.4 Å². The molecule has 1 heterocycles. The molecule has 1 atom stereocenters. The van der Waals surface area contributed by atoms with Gasteiger partial charge in [0.15, 0.2) is 0 Å². The molecule has 0 aromatic carbocycles. The van der Waals surface area contributed by atoms with Crippen LogP contribution < -0.4 is 16.8 Å². The Bertz CT molecular complexity index is 365. The van der Waals surface area contributed by atoms with Crippen LogP contribution in [0.5, 0.6) is 0 Å². The van der Waals surface area contributed by atoms with Crippen molar-refractivity contribution in [3.05, 3.63) is 23.9 Å². The van der Waals surface area contributed by atoms with Gasteiger partial charge in [-0.05, 0) is 18.1 Å². The second-order valence-electron chi connectivity index (χ2n) is 4.06. The van der Waals surface area contributed by atoms with Gasteiger partial charge in [0.25, 0.3) is 5.91 Å². The highest BCUT2D eigenvalue weighted by Crippen LogP contribution is 2.05. The summed E-state index contributed by atoms with van der Waals surface area (Å²) < 4.78 is 0. The van der Waals surface area contributed by atoms with E-state index in [4.69, 9.17) is 11.5 Å². The van der Waals surface area contributed by atoms with Crippen molar-refractivity contribution in [1.29, 1.82) is 0 Å². The van der Waals surface area contributed by atoms with E-state index in [0.29, 0.717) is 18.3 Å². The van der Waals surface area contributed by atoms with Gasteiger partial charge >= 0.3 is 0 Å². The number of nitrogens with zero attached hydrogens (tertiary/aromatic N) is 1. The molecule has 0 aliphatic carbocycles.